The van der Waals surface area contributed by atoms with Crippen LogP contribution in [0.4, 0.5) is 18.9 Å². The van der Waals surface area contributed by atoms with E-state index >= 15 is 0 Å². The van der Waals surface area contributed by atoms with Crippen LogP contribution in [0, 0.1) is 0 Å². The standard InChI is InChI=1S/C17H18ClF3N4O/c1-23-16(26)15(18)14(10-22-23)25-7-5-24(6-8-25)11-12-3-2-4-13(9-12)17(19,20)21/h2-4,9-10H,5-8,11H2,1H3. The molecule has 0 aliphatic carbocycles. The molecule has 140 valence electrons. The van der Waals surface area contributed by atoms with Crippen molar-refractivity contribution in [3.8, 4) is 0 Å². The van der Waals surface area contributed by atoms with Gasteiger partial charge in [0.15, 0.2) is 0 Å². The molecular formula is C17H18ClF3N4O. The Morgan fingerprint density at radius 3 is 2.54 bits per heavy atom. The van der Waals surface area contributed by atoms with Gasteiger partial charge in [-0.05, 0) is 11.6 Å². The molecule has 1 aliphatic heterocycles. The molecule has 2 aromatic rings. The number of halogens is 4. The number of anilines is 1. The van der Waals surface area contributed by atoms with Crippen molar-refractivity contribution in [2.75, 3.05) is 31.1 Å². The van der Waals surface area contributed by atoms with E-state index in [1.165, 1.54) is 23.9 Å². The third-order valence-electron chi connectivity index (χ3n) is 4.43. The van der Waals surface area contributed by atoms with Crippen LogP contribution in [0.2, 0.25) is 5.02 Å². The Balaban J connectivity index is 1.65. The van der Waals surface area contributed by atoms with Crippen LogP contribution in [0.1, 0.15) is 11.1 Å². The van der Waals surface area contributed by atoms with Crippen LogP contribution in [0.25, 0.3) is 0 Å². The van der Waals surface area contributed by atoms with Crippen molar-refractivity contribution in [3.63, 3.8) is 0 Å². The van der Waals surface area contributed by atoms with Crippen molar-refractivity contribution in [2.24, 2.45) is 7.05 Å². The summed E-state index contributed by atoms with van der Waals surface area (Å²) in [5.41, 5.74) is 0.234. The summed E-state index contributed by atoms with van der Waals surface area (Å²) in [6.45, 7) is 2.99. The van der Waals surface area contributed by atoms with E-state index in [0.29, 0.717) is 44.0 Å². The van der Waals surface area contributed by atoms with E-state index < -0.39 is 11.7 Å². The molecular weight excluding hydrogens is 369 g/mol. The molecule has 26 heavy (non-hydrogen) atoms. The summed E-state index contributed by atoms with van der Waals surface area (Å²) in [6.07, 6.45) is -2.77. The summed E-state index contributed by atoms with van der Waals surface area (Å²) in [5.74, 6) is 0. The van der Waals surface area contributed by atoms with Crippen molar-refractivity contribution in [1.29, 1.82) is 0 Å². The zero-order valence-electron chi connectivity index (χ0n) is 14.1. The normalized spacial score (nSPS) is 16.1. The monoisotopic (exact) mass is 386 g/mol. The van der Waals surface area contributed by atoms with Crippen LogP contribution in [-0.4, -0.2) is 40.9 Å². The fourth-order valence-electron chi connectivity index (χ4n) is 2.97. The zero-order chi connectivity index (χ0) is 18.9. The highest BCUT2D eigenvalue weighted by molar-refractivity contribution is 6.33. The molecule has 0 unspecified atom stereocenters. The summed E-state index contributed by atoms with van der Waals surface area (Å²) in [7, 11) is 1.53. The average molecular weight is 387 g/mol. The van der Waals surface area contributed by atoms with Gasteiger partial charge >= 0.3 is 6.18 Å². The van der Waals surface area contributed by atoms with E-state index in [0.717, 1.165) is 6.07 Å². The van der Waals surface area contributed by atoms with Crippen LogP contribution >= 0.6 is 11.6 Å². The number of benzene rings is 1. The van der Waals surface area contributed by atoms with Gasteiger partial charge in [0.1, 0.15) is 5.02 Å². The highest BCUT2D eigenvalue weighted by atomic mass is 35.5. The van der Waals surface area contributed by atoms with E-state index in [9.17, 15) is 18.0 Å². The molecule has 0 spiro atoms. The van der Waals surface area contributed by atoms with E-state index in [2.05, 4.69) is 10.00 Å². The van der Waals surface area contributed by atoms with Gasteiger partial charge in [0.2, 0.25) is 0 Å². The lowest BCUT2D eigenvalue weighted by Gasteiger charge is -2.36. The molecule has 0 radical (unpaired) electrons. The molecule has 0 N–H and O–H groups in total. The summed E-state index contributed by atoms with van der Waals surface area (Å²) in [4.78, 5) is 15.9. The van der Waals surface area contributed by atoms with Gasteiger partial charge in [-0.1, -0.05) is 29.8 Å². The summed E-state index contributed by atoms with van der Waals surface area (Å²) in [5, 5.41) is 4.13. The third-order valence-corrected chi connectivity index (χ3v) is 4.79. The van der Waals surface area contributed by atoms with Crippen LogP contribution in [0.5, 0.6) is 0 Å². The van der Waals surface area contributed by atoms with Crippen LogP contribution in [0.15, 0.2) is 35.3 Å². The Labute approximate surface area is 153 Å². The minimum absolute atomic E-state index is 0.133. The number of hydrogen-bond acceptors (Lipinski definition) is 4. The lowest BCUT2D eigenvalue weighted by Crippen LogP contribution is -2.46. The quantitative estimate of drug-likeness (QED) is 0.813. The van der Waals surface area contributed by atoms with Gasteiger partial charge in [-0.2, -0.15) is 18.3 Å². The number of alkyl halides is 3. The van der Waals surface area contributed by atoms with Crippen molar-refractivity contribution in [3.05, 3.63) is 57.0 Å². The highest BCUT2D eigenvalue weighted by Crippen LogP contribution is 2.30. The molecule has 9 heteroatoms. The van der Waals surface area contributed by atoms with Crippen LogP contribution in [0.3, 0.4) is 0 Å². The number of rotatable bonds is 3. The largest absolute Gasteiger partial charge is 0.416 e. The van der Waals surface area contributed by atoms with Crippen LogP contribution < -0.4 is 10.5 Å². The number of nitrogens with zero attached hydrogens (tertiary/aromatic N) is 4. The Morgan fingerprint density at radius 1 is 1.19 bits per heavy atom. The molecule has 5 nitrogen and oxygen atoms in total. The fourth-order valence-corrected chi connectivity index (χ4v) is 3.26. The predicted molar refractivity (Wildman–Crippen MR) is 93.4 cm³/mol. The van der Waals surface area contributed by atoms with Crippen molar-refractivity contribution in [1.82, 2.24) is 14.7 Å². The first kappa shape index (κ1) is 18.7. The van der Waals surface area contributed by atoms with Gasteiger partial charge in [-0.3, -0.25) is 9.69 Å². The molecule has 1 aromatic carbocycles. The van der Waals surface area contributed by atoms with E-state index in [1.54, 1.807) is 12.3 Å². The van der Waals surface area contributed by atoms with E-state index in [4.69, 9.17) is 11.6 Å². The topological polar surface area (TPSA) is 41.4 Å². The Bertz CT molecular complexity index is 845. The maximum absolute atomic E-state index is 12.8. The summed E-state index contributed by atoms with van der Waals surface area (Å²) < 4.78 is 39.6. The first-order chi connectivity index (χ1) is 12.3. The molecule has 1 aromatic heterocycles. The summed E-state index contributed by atoms with van der Waals surface area (Å²) in [6, 6.07) is 5.39. The molecule has 2 heterocycles. The Hall–Kier alpha value is -2.06. The fraction of sp³-hybridized carbons (Fsp3) is 0.412. The number of aromatic nitrogens is 2. The Morgan fingerprint density at radius 2 is 1.88 bits per heavy atom. The molecule has 0 saturated carbocycles. The molecule has 0 amide bonds. The van der Waals surface area contributed by atoms with Crippen molar-refractivity contribution in [2.45, 2.75) is 12.7 Å². The molecule has 0 atom stereocenters. The smallest absolute Gasteiger partial charge is 0.366 e. The first-order valence-electron chi connectivity index (χ1n) is 8.11. The second-order valence-corrected chi connectivity index (χ2v) is 6.61. The van der Waals surface area contributed by atoms with Gasteiger partial charge in [0.25, 0.3) is 5.56 Å². The van der Waals surface area contributed by atoms with Crippen molar-refractivity contribution < 1.29 is 13.2 Å². The Kier molecular flexibility index (Phi) is 5.24. The lowest BCUT2D eigenvalue weighted by molar-refractivity contribution is -0.137. The summed E-state index contributed by atoms with van der Waals surface area (Å²) >= 11 is 6.12. The second-order valence-electron chi connectivity index (χ2n) is 6.23. The van der Waals surface area contributed by atoms with E-state index in [1.807, 2.05) is 4.90 Å². The van der Waals surface area contributed by atoms with Crippen LogP contribution in [-0.2, 0) is 19.8 Å². The maximum Gasteiger partial charge on any atom is 0.416 e. The zero-order valence-corrected chi connectivity index (χ0v) is 14.9. The number of hydrogen-bond donors (Lipinski definition) is 0. The minimum Gasteiger partial charge on any atom is -0.366 e. The van der Waals surface area contributed by atoms with Gasteiger partial charge in [0.05, 0.1) is 17.4 Å². The highest BCUT2D eigenvalue weighted by Gasteiger charge is 2.30. The average Bonchev–Trinajstić information content (AvgIpc) is 2.60. The van der Waals surface area contributed by atoms with Gasteiger partial charge in [-0.15, -0.1) is 0 Å². The lowest BCUT2D eigenvalue weighted by atomic mass is 10.1. The molecule has 3 rings (SSSR count). The molecule has 1 saturated heterocycles. The SMILES string of the molecule is Cn1ncc(N2CCN(Cc3cccc(C(F)(F)F)c3)CC2)c(Cl)c1=O. The molecule has 1 fully saturated rings. The molecule has 1 aliphatic rings. The van der Waals surface area contributed by atoms with Gasteiger partial charge in [0, 0.05) is 39.8 Å². The van der Waals surface area contributed by atoms with Crippen molar-refractivity contribution >= 4 is 17.3 Å². The van der Waals surface area contributed by atoms with Gasteiger partial charge < -0.3 is 4.90 Å². The maximum atomic E-state index is 12.8. The number of aryl methyl sites for hydroxylation is 1. The van der Waals surface area contributed by atoms with Gasteiger partial charge in [-0.25, -0.2) is 4.68 Å². The second kappa shape index (κ2) is 7.28. The van der Waals surface area contributed by atoms with E-state index in [-0.39, 0.29) is 10.6 Å². The third kappa shape index (κ3) is 4.02. The molecule has 0 bridgehead atoms. The minimum atomic E-state index is -4.34. The predicted octanol–water partition coefficient (Wildman–Crippen LogP) is 2.77. The first-order valence-corrected chi connectivity index (χ1v) is 8.49. The number of piperazine rings is 1.